The number of hydrogen-bond donors (Lipinski definition) is 2. The van der Waals surface area contributed by atoms with E-state index in [1.54, 1.807) is 73.7 Å². The van der Waals surface area contributed by atoms with Gasteiger partial charge < -0.3 is 5.32 Å². The van der Waals surface area contributed by atoms with Crippen LogP contribution in [0.15, 0.2) is 102 Å². The zero-order chi connectivity index (χ0) is 29.6. The van der Waals surface area contributed by atoms with Gasteiger partial charge in [-0.1, -0.05) is 59.6 Å². The number of hydrogen-bond acceptors (Lipinski definition) is 5. The van der Waals surface area contributed by atoms with Gasteiger partial charge in [-0.2, -0.15) is 5.10 Å². The summed E-state index contributed by atoms with van der Waals surface area (Å²) < 4.78 is 26.3. The maximum Gasteiger partial charge on any atom is 0.271 e. The molecule has 0 aliphatic rings. The highest BCUT2D eigenvalue weighted by atomic mass is 35.5. The predicted octanol–water partition coefficient (Wildman–Crippen LogP) is 6.02. The monoisotopic (exact) mass is 588 g/mol. The summed E-state index contributed by atoms with van der Waals surface area (Å²) in [5.41, 5.74) is 7.44. The van der Waals surface area contributed by atoms with Crippen LogP contribution in [0.1, 0.15) is 44.3 Å². The van der Waals surface area contributed by atoms with Crippen LogP contribution in [0.2, 0.25) is 5.02 Å². The Bertz CT molecular complexity index is 1700. The Balaban J connectivity index is 1.42. The molecule has 0 aliphatic carbocycles. The molecule has 2 amide bonds. The molecule has 0 bridgehead atoms. The van der Waals surface area contributed by atoms with Crippen molar-refractivity contribution >= 4 is 50.5 Å². The van der Waals surface area contributed by atoms with E-state index >= 15 is 0 Å². The smallest absolute Gasteiger partial charge is 0.271 e. The van der Waals surface area contributed by atoms with E-state index in [0.717, 1.165) is 17.4 Å². The SMILES string of the molecule is C/C(=N/NC(=O)c1ccc(N(Cc2ccc(C)cc2)S(C)(=O)=O)cc1)c1cccc(NC(=O)c2cccc(Cl)c2)c1. The summed E-state index contributed by atoms with van der Waals surface area (Å²) >= 11 is 5.98. The Morgan fingerprint density at radius 3 is 2.15 bits per heavy atom. The number of benzene rings is 4. The first-order chi connectivity index (χ1) is 19.5. The van der Waals surface area contributed by atoms with Crippen LogP contribution in [0, 0.1) is 6.92 Å². The van der Waals surface area contributed by atoms with Crippen LogP contribution in [-0.4, -0.2) is 32.2 Å². The number of halogens is 1. The van der Waals surface area contributed by atoms with Crippen molar-refractivity contribution in [3.63, 3.8) is 0 Å². The highest BCUT2D eigenvalue weighted by Gasteiger charge is 2.18. The third-order valence-corrected chi connectivity index (χ3v) is 7.59. The van der Waals surface area contributed by atoms with Crippen LogP contribution in [0.3, 0.4) is 0 Å². The molecule has 41 heavy (non-hydrogen) atoms. The predicted molar refractivity (Wildman–Crippen MR) is 164 cm³/mol. The summed E-state index contributed by atoms with van der Waals surface area (Å²) in [6.07, 6.45) is 1.15. The molecule has 0 heterocycles. The van der Waals surface area contributed by atoms with Gasteiger partial charge in [0, 0.05) is 21.8 Å². The molecular formula is C31H29ClN4O4S. The summed E-state index contributed by atoms with van der Waals surface area (Å²) in [5, 5.41) is 7.50. The second-order valence-corrected chi connectivity index (χ2v) is 11.8. The number of carbonyl (C=O) groups is 2. The number of anilines is 2. The van der Waals surface area contributed by atoms with Crippen molar-refractivity contribution < 1.29 is 18.0 Å². The molecule has 0 spiro atoms. The van der Waals surface area contributed by atoms with Crippen molar-refractivity contribution in [1.82, 2.24) is 5.43 Å². The van der Waals surface area contributed by atoms with E-state index in [1.807, 2.05) is 37.3 Å². The van der Waals surface area contributed by atoms with Crippen molar-refractivity contribution in [1.29, 1.82) is 0 Å². The van der Waals surface area contributed by atoms with E-state index in [1.165, 1.54) is 4.31 Å². The van der Waals surface area contributed by atoms with E-state index in [-0.39, 0.29) is 12.5 Å². The van der Waals surface area contributed by atoms with Gasteiger partial charge in [0.2, 0.25) is 10.0 Å². The molecule has 0 radical (unpaired) electrons. The molecule has 0 aliphatic heterocycles. The first-order valence-electron chi connectivity index (χ1n) is 12.6. The Labute approximate surface area is 244 Å². The van der Waals surface area contributed by atoms with Gasteiger partial charge in [-0.25, -0.2) is 13.8 Å². The zero-order valence-electron chi connectivity index (χ0n) is 22.8. The number of amides is 2. The number of sulfonamides is 1. The summed E-state index contributed by atoms with van der Waals surface area (Å²) in [6, 6.07) is 27.6. The highest BCUT2D eigenvalue weighted by molar-refractivity contribution is 7.92. The van der Waals surface area contributed by atoms with Crippen molar-refractivity contribution in [2.45, 2.75) is 20.4 Å². The lowest BCUT2D eigenvalue weighted by molar-refractivity contribution is 0.0954. The number of nitrogens with zero attached hydrogens (tertiary/aromatic N) is 2. The molecule has 2 N–H and O–H groups in total. The molecule has 0 aromatic heterocycles. The van der Waals surface area contributed by atoms with E-state index in [9.17, 15) is 18.0 Å². The summed E-state index contributed by atoms with van der Waals surface area (Å²) in [5.74, 6) is -0.755. The quantitative estimate of drug-likeness (QED) is 0.184. The fraction of sp³-hybridized carbons (Fsp3) is 0.129. The van der Waals surface area contributed by atoms with Gasteiger partial charge in [0.25, 0.3) is 11.8 Å². The highest BCUT2D eigenvalue weighted by Crippen LogP contribution is 2.22. The van der Waals surface area contributed by atoms with Crippen LogP contribution in [-0.2, 0) is 16.6 Å². The van der Waals surface area contributed by atoms with E-state index in [0.29, 0.717) is 38.8 Å². The fourth-order valence-electron chi connectivity index (χ4n) is 3.96. The average Bonchev–Trinajstić information content (AvgIpc) is 2.95. The molecule has 4 aromatic carbocycles. The standard InChI is InChI=1S/C31H29ClN4O4S/c1-21-10-12-23(13-11-21)20-36(41(3,39)40)29-16-14-24(15-17-29)31(38)35-34-22(2)25-6-5-9-28(19-25)33-30(37)26-7-4-8-27(32)18-26/h4-19H,20H2,1-3H3,(H,33,37)(H,35,38)/b34-22-. The molecule has 0 saturated carbocycles. The van der Waals surface area contributed by atoms with E-state index in [2.05, 4.69) is 15.8 Å². The Hall–Kier alpha value is -4.47. The summed E-state index contributed by atoms with van der Waals surface area (Å²) in [6.45, 7) is 3.87. The van der Waals surface area contributed by atoms with Crippen molar-refractivity contribution in [2.75, 3.05) is 15.9 Å². The second-order valence-electron chi connectivity index (χ2n) is 9.49. The van der Waals surface area contributed by atoms with Crippen molar-refractivity contribution in [3.05, 3.63) is 130 Å². The Morgan fingerprint density at radius 1 is 0.829 bits per heavy atom. The number of aryl methyl sites for hydroxylation is 1. The molecule has 8 nitrogen and oxygen atoms in total. The minimum atomic E-state index is -3.56. The van der Waals surface area contributed by atoms with Gasteiger partial charge in [0.15, 0.2) is 0 Å². The third-order valence-electron chi connectivity index (χ3n) is 6.21. The third kappa shape index (κ3) is 8.03. The van der Waals surface area contributed by atoms with Crippen LogP contribution in [0.4, 0.5) is 11.4 Å². The first kappa shape index (κ1) is 29.5. The Kier molecular flexibility index (Phi) is 9.21. The normalized spacial score (nSPS) is 11.6. The molecule has 4 rings (SSSR count). The van der Waals surface area contributed by atoms with E-state index in [4.69, 9.17) is 11.6 Å². The molecule has 0 unspecified atom stereocenters. The first-order valence-corrected chi connectivity index (χ1v) is 14.9. The summed E-state index contributed by atoms with van der Waals surface area (Å²) in [7, 11) is -3.56. The fourth-order valence-corrected chi connectivity index (χ4v) is 5.04. The van der Waals surface area contributed by atoms with Gasteiger partial charge in [0.1, 0.15) is 0 Å². The molecule has 0 fully saturated rings. The van der Waals surface area contributed by atoms with E-state index < -0.39 is 15.9 Å². The lowest BCUT2D eigenvalue weighted by Crippen LogP contribution is -2.29. The van der Waals surface area contributed by atoms with Gasteiger partial charge in [-0.15, -0.1) is 0 Å². The molecule has 210 valence electrons. The molecule has 10 heteroatoms. The number of hydrazone groups is 1. The summed E-state index contributed by atoms with van der Waals surface area (Å²) in [4.78, 5) is 25.3. The average molecular weight is 589 g/mol. The topological polar surface area (TPSA) is 108 Å². The van der Waals surface area contributed by atoms with Crippen LogP contribution in [0.25, 0.3) is 0 Å². The number of nitrogens with one attached hydrogen (secondary N) is 2. The number of carbonyl (C=O) groups excluding carboxylic acids is 2. The van der Waals surface area contributed by atoms with Gasteiger partial charge in [0.05, 0.1) is 24.2 Å². The maximum atomic E-state index is 12.8. The molecule has 0 saturated heterocycles. The largest absolute Gasteiger partial charge is 0.322 e. The second kappa shape index (κ2) is 12.8. The van der Waals surface area contributed by atoms with Gasteiger partial charge in [-0.3, -0.25) is 13.9 Å². The lowest BCUT2D eigenvalue weighted by atomic mass is 10.1. The van der Waals surface area contributed by atoms with Crippen molar-refractivity contribution in [2.24, 2.45) is 5.10 Å². The van der Waals surface area contributed by atoms with Gasteiger partial charge in [-0.05, 0) is 79.6 Å². The van der Waals surface area contributed by atoms with Crippen LogP contribution >= 0.6 is 11.6 Å². The number of rotatable bonds is 9. The maximum absolute atomic E-state index is 12.8. The zero-order valence-corrected chi connectivity index (χ0v) is 24.3. The molecule has 0 atom stereocenters. The minimum Gasteiger partial charge on any atom is -0.322 e. The van der Waals surface area contributed by atoms with Crippen LogP contribution in [0.5, 0.6) is 0 Å². The molecule has 4 aromatic rings. The van der Waals surface area contributed by atoms with Crippen LogP contribution < -0.4 is 15.0 Å². The minimum absolute atomic E-state index is 0.173. The Morgan fingerprint density at radius 2 is 1.49 bits per heavy atom. The van der Waals surface area contributed by atoms with Gasteiger partial charge >= 0.3 is 0 Å². The lowest BCUT2D eigenvalue weighted by Gasteiger charge is -2.22. The molecular weight excluding hydrogens is 560 g/mol. The van der Waals surface area contributed by atoms with Crippen molar-refractivity contribution in [3.8, 4) is 0 Å².